The Labute approximate surface area is 225 Å². The molecule has 0 aliphatic heterocycles. The second-order valence-electron chi connectivity index (χ2n) is 7.92. The van der Waals surface area contributed by atoms with Gasteiger partial charge in [0.05, 0.1) is 17.9 Å². The van der Waals surface area contributed by atoms with Crippen LogP contribution in [-0.4, -0.2) is 51.4 Å². The highest BCUT2D eigenvalue weighted by molar-refractivity contribution is 7.99. The number of nitrogens with zero attached hydrogens (tertiary/aromatic N) is 3. The minimum atomic E-state index is -0.432. The van der Waals surface area contributed by atoms with E-state index in [1.54, 1.807) is 35.6 Å². The molecular formula is C23H23Cl2N5O4S2. The van der Waals surface area contributed by atoms with Crippen LogP contribution in [0.15, 0.2) is 29.4 Å². The van der Waals surface area contributed by atoms with Crippen LogP contribution in [0.1, 0.15) is 45.0 Å². The zero-order chi connectivity index (χ0) is 25.7. The Kier molecular flexibility index (Phi) is 8.89. The number of fused-ring (bicyclic) bond motifs is 1. The van der Waals surface area contributed by atoms with Crippen molar-refractivity contribution < 1.29 is 19.1 Å². The summed E-state index contributed by atoms with van der Waals surface area (Å²) in [5.74, 6) is -0.811. The third kappa shape index (κ3) is 6.20. The summed E-state index contributed by atoms with van der Waals surface area (Å²) in [4.78, 5) is 38.1. The minimum absolute atomic E-state index is 0.00364. The summed E-state index contributed by atoms with van der Waals surface area (Å²) in [6, 6.07) is 6.47. The molecule has 36 heavy (non-hydrogen) atoms. The molecule has 0 saturated carbocycles. The van der Waals surface area contributed by atoms with E-state index in [4.69, 9.17) is 27.9 Å². The van der Waals surface area contributed by atoms with E-state index >= 15 is 0 Å². The number of amides is 2. The molecule has 0 unspecified atom stereocenters. The highest BCUT2D eigenvalue weighted by Gasteiger charge is 2.25. The van der Waals surface area contributed by atoms with E-state index < -0.39 is 11.9 Å². The maximum atomic E-state index is 13.0. The number of alkyl halides is 1. The van der Waals surface area contributed by atoms with Crippen molar-refractivity contribution in [2.45, 2.75) is 37.3 Å². The van der Waals surface area contributed by atoms with Gasteiger partial charge in [0, 0.05) is 21.9 Å². The smallest absolute Gasteiger partial charge is 0.316 e. The molecule has 0 bridgehead atoms. The molecule has 190 valence electrons. The molecule has 2 heterocycles. The number of esters is 1. The fraction of sp³-hybridized carbons (Fsp3) is 0.348. The first-order valence-electron chi connectivity index (χ1n) is 11.1. The zero-order valence-electron chi connectivity index (χ0n) is 19.3. The summed E-state index contributed by atoms with van der Waals surface area (Å²) in [7, 11) is 1.30. The third-order valence-electron chi connectivity index (χ3n) is 5.56. The lowest BCUT2D eigenvalue weighted by molar-refractivity contribution is -0.137. The van der Waals surface area contributed by atoms with E-state index in [9.17, 15) is 14.4 Å². The molecule has 4 rings (SSSR count). The normalized spacial score (nSPS) is 12.6. The monoisotopic (exact) mass is 567 g/mol. The average Bonchev–Trinajstić information content (AvgIpc) is 3.43. The molecule has 0 radical (unpaired) electrons. The molecule has 13 heteroatoms. The number of aromatic nitrogens is 3. The maximum Gasteiger partial charge on any atom is 0.316 e. The van der Waals surface area contributed by atoms with Crippen LogP contribution < -0.4 is 10.7 Å². The third-order valence-corrected chi connectivity index (χ3v) is 8.20. The Morgan fingerprint density at radius 2 is 1.92 bits per heavy atom. The van der Waals surface area contributed by atoms with E-state index in [1.165, 1.54) is 22.2 Å². The molecule has 1 aliphatic carbocycles. The summed E-state index contributed by atoms with van der Waals surface area (Å²) < 4.78 is 6.20. The molecule has 2 N–H and O–H groups in total. The summed E-state index contributed by atoms with van der Waals surface area (Å²) in [5, 5.41) is 13.0. The SMILES string of the molecule is COC(=O)CSc1nnc(Cc2c(NC(=O)CCl)sc3c2CCCC3)n1NC(=O)c1ccc(Cl)cc1. The van der Waals surface area contributed by atoms with Crippen molar-refractivity contribution in [2.75, 3.05) is 29.5 Å². The van der Waals surface area contributed by atoms with Crippen molar-refractivity contribution >= 4 is 69.1 Å². The number of hydrogen-bond acceptors (Lipinski definition) is 8. The topological polar surface area (TPSA) is 115 Å². The standard InChI is InChI=1S/C23H23Cl2N5O4S2/c1-34-20(32)12-35-23-28-27-18(30(23)29-21(33)13-6-8-14(25)9-7-13)10-16-15-4-2-3-5-17(15)36-22(16)26-19(31)11-24/h6-9H,2-5,10-12H2,1H3,(H,26,31)(H,29,33). The molecule has 9 nitrogen and oxygen atoms in total. The lowest BCUT2D eigenvalue weighted by Crippen LogP contribution is -2.26. The lowest BCUT2D eigenvalue weighted by atomic mass is 9.94. The van der Waals surface area contributed by atoms with Crippen LogP contribution >= 0.6 is 46.3 Å². The number of benzene rings is 1. The van der Waals surface area contributed by atoms with Crippen molar-refractivity contribution in [3.63, 3.8) is 0 Å². The predicted molar refractivity (Wildman–Crippen MR) is 141 cm³/mol. The van der Waals surface area contributed by atoms with Crippen LogP contribution in [0.5, 0.6) is 0 Å². The molecule has 0 fully saturated rings. The van der Waals surface area contributed by atoms with Gasteiger partial charge in [-0.2, -0.15) is 0 Å². The molecule has 0 spiro atoms. The highest BCUT2D eigenvalue weighted by Crippen LogP contribution is 2.39. The van der Waals surface area contributed by atoms with Gasteiger partial charge in [-0.25, -0.2) is 4.68 Å². The number of nitrogens with one attached hydrogen (secondary N) is 2. The number of hydrogen-bond donors (Lipinski definition) is 2. The first kappa shape index (κ1) is 26.5. The number of aryl methyl sites for hydroxylation is 1. The molecule has 3 aromatic rings. The van der Waals surface area contributed by atoms with Gasteiger partial charge in [0.1, 0.15) is 5.88 Å². The average molecular weight is 569 g/mol. The van der Waals surface area contributed by atoms with Crippen molar-refractivity contribution in [1.29, 1.82) is 0 Å². The molecule has 2 amide bonds. The molecule has 1 aliphatic rings. The van der Waals surface area contributed by atoms with Crippen LogP contribution in [0.2, 0.25) is 5.02 Å². The van der Waals surface area contributed by atoms with E-state index in [2.05, 4.69) is 20.9 Å². The largest absolute Gasteiger partial charge is 0.468 e. The van der Waals surface area contributed by atoms with E-state index in [0.29, 0.717) is 28.0 Å². The number of halogens is 2. The van der Waals surface area contributed by atoms with Gasteiger partial charge in [0.25, 0.3) is 5.91 Å². The molecular weight excluding hydrogens is 545 g/mol. The first-order valence-corrected chi connectivity index (χ1v) is 13.8. The summed E-state index contributed by atoms with van der Waals surface area (Å²) >= 11 is 14.3. The van der Waals surface area contributed by atoms with Crippen molar-refractivity contribution in [3.05, 3.63) is 56.7 Å². The van der Waals surface area contributed by atoms with Crippen LogP contribution in [0.3, 0.4) is 0 Å². The number of carbonyl (C=O) groups is 3. The van der Waals surface area contributed by atoms with Crippen molar-refractivity contribution in [1.82, 2.24) is 14.9 Å². The maximum absolute atomic E-state index is 13.0. The lowest BCUT2D eigenvalue weighted by Gasteiger charge is -2.15. The number of methoxy groups -OCH3 is 1. The highest BCUT2D eigenvalue weighted by atomic mass is 35.5. The first-order chi connectivity index (χ1) is 17.4. The van der Waals surface area contributed by atoms with Crippen molar-refractivity contribution in [2.24, 2.45) is 0 Å². The number of thioether (sulfide) groups is 1. The van der Waals surface area contributed by atoms with Gasteiger partial charge in [0.2, 0.25) is 11.1 Å². The predicted octanol–water partition coefficient (Wildman–Crippen LogP) is 4.29. The van der Waals surface area contributed by atoms with E-state index in [-0.39, 0.29) is 17.5 Å². The van der Waals surface area contributed by atoms with Gasteiger partial charge in [-0.1, -0.05) is 23.4 Å². The van der Waals surface area contributed by atoms with Gasteiger partial charge in [-0.05, 0) is 61.1 Å². The van der Waals surface area contributed by atoms with Gasteiger partial charge >= 0.3 is 5.97 Å². The molecule has 0 atom stereocenters. The van der Waals surface area contributed by atoms with E-state index in [1.807, 2.05) is 0 Å². The fourth-order valence-electron chi connectivity index (χ4n) is 3.81. The Balaban J connectivity index is 1.68. The Bertz CT molecular complexity index is 1280. The van der Waals surface area contributed by atoms with Gasteiger partial charge in [0.15, 0.2) is 5.82 Å². The van der Waals surface area contributed by atoms with Gasteiger partial charge in [-0.15, -0.1) is 33.1 Å². The molecule has 0 saturated heterocycles. The second-order valence-corrected chi connectivity index (χ2v) is 10.7. The van der Waals surface area contributed by atoms with Crippen molar-refractivity contribution in [3.8, 4) is 0 Å². The molecule has 2 aromatic heterocycles. The number of thiophene rings is 1. The Morgan fingerprint density at radius 3 is 2.64 bits per heavy atom. The fourth-order valence-corrected chi connectivity index (χ4v) is 6.07. The summed E-state index contributed by atoms with van der Waals surface area (Å²) in [6.45, 7) is 0. The van der Waals surface area contributed by atoms with Crippen LogP contribution in [-0.2, 0) is 33.6 Å². The Hall–Kier alpha value is -2.60. The zero-order valence-corrected chi connectivity index (χ0v) is 22.5. The molecule has 1 aromatic carbocycles. The number of ether oxygens (including phenoxy) is 1. The van der Waals surface area contributed by atoms with Crippen LogP contribution in [0.25, 0.3) is 0 Å². The number of anilines is 1. The summed E-state index contributed by atoms with van der Waals surface area (Å²) in [5.41, 5.74) is 5.36. The quantitative estimate of drug-likeness (QED) is 0.225. The van der Waals surface area contributed by atoms with Crippen LogP contribution in [0, 0.1) is 0 Å². The summed E-state index contributed by atoms with van der Waals surface area (Å²) in [6.07, 6.45) is 4.31. The minimum Gasteiger partial charge on any atom is -0.468 e. The Morgan fingerprint density at radius 1 is 1.17 bits per heavy atom. The number of rotatable bonds is 9. The van der Waals surface area contributed by atoms with Crippen LogP contribution in [0.4, 0.5) is 5.00 Å². The van der Waals surface area contributed by atoms with E-state index in [0.717, 1.165) is 48.0 Å². The van der Waals surface area contributed by atoms with Gasteiger partial charge in [-0.3, -0.25) is 19.8 Å². The number of carbonyl (C=O) groups excluding carboxylic acids is 3. The second kappa shape index (κ2) is 12.1. The van der Waals surface area contributed by atoms with Gasteiger partial charge < -0.3 is 10.1 Å².